The van der Waals surface area contributed by atoms with Gasteiger partial charge in [0.1, 0.15) is 11.5 Å². The minimum Gasteiger partial charge on any atom is -0.497 e. The van der Waals surface area contributed by atoms with Crippen LogP contribution in [0.3, 0.4) is 0 Å². The van der Waals surface area contributed by atoms with Gasteiger partial charge in [-0.05, 0) is 38.0 Å². The van der Waals surface area contributed by atoms with Crippen molar-refractivity contribution in [2.45, 2.75) is 20.3 Å². The number of rotatable bonds is 9. The zero-order chi connectivity index (χ0) is 18.1. The molecule has 0 spiro atoms. The van der Waals surface area contributed by atoms with E-state index in [4.69, 9.17) is 18.9 Å². The summed E-state index contributed by atoms with van der Waals surface area (Å²) in [7, 11) is 3.08. The van der Waals surface area contributed by atoms with E-state index in [1.54, 1.807) is 39.2 Å². The fourth-order valence-electron chi connectivity index (χ4n) is 2.20. The monoisotopic (exact) mass is 336 g/mol. The van der Waals surface area contributed by atoms with Gasteiger partial charge in [0, 0.05) is 11.6 Å². The Kier molecular flexibility index (Phi) is 7.82. The number of methoxy groups -OCH3 is 2. The molecule has 0 saturated heterocycles. The maximum atomic E-state index is 12.1. The van der Waals surface area contributed by atoms with Crippen molar-refractivity contribution in [3.63, 3.8) is 0 Å². The van der Waals surface area contributed by atoms with Crippen LogP contribution in [-0.2, 0) is 19.1 Å². The van der Waals surface area contributed by atoms with Gasteiger partial charge in [0.15, 0.2) is 5.92 Å². The quantitative estimate of drug-likeness (QED) is 0.510. The molecule has 0 unspecified atom stereocenters. The van der Waals surface area contributed by atoms with Gasteiger partial charge in [-0.3, -0.25) is 9.59 Å². The maximum absolute atomic E-state index is 12.1. The molecule has 1 rings (SSSR count). The zero-order valence-corrected chi connectivity index (χ0v) is 14.6. The van der Waals surface area contributed by atoms with Gasteiger partial charge in [-0.1, -0.05) is 6.58 Å². The number of allylic oxidation sites excluding steroid dienone is 1. The minimum atomic E-state index is -1.05. The van der Waals surface area contributed by atoms with E-state index in [1.807, 2.05) is 0 Å². The lowest BCUT2D eigenvalue weighted by molar-refractivity contribution is -0.161. The summed E-state index contributed by atoms with van der Waals surface area (Å²) in [4.78, 5) is 24.1. The molecule has 0 atom stereocenters. The summed E-state index contributed by atoms with van der Waals surface area (Å²) in [5, 5.41) is 0. The second-order valence-electron chi connectivity index (χ2n) is 4.93. The third-order valence-corrected chi connectivity index (χ3v) is 3.38. The average Bonchev–Trinajstić information content (AvgIpc) is 2.58. The molecule has 24 heavy (non-hydrogen) atoms. The van der Waals surface area contributed by atoms with Crippen molar-refractivity contribution in [2.24, 2.45) is 5.92 Å². The van der Waals surface area contributed by atoms with Crippen LogP contribution >= 0.6 is 0 Å². The van der Waals surface area contributed by atoms with Crippen LogP contribution in [0.25, 0.3) is 5.57 Å². The van der Waals surface area contributed by atoms with Gasteiger partial charge < -0.3 is 18.9 Å². The Bertz CT molecular complexity index is 575. The van der Waals surface area contributed by atoms with Gasteiger partial charge in [0.25, 0.3) is 0 Å². The molecule has 0 fully saturated rings. The molecule has 0 saturated carbocycles. The van der Waals surface area contributed by atoms with E-state index in [9.17, 15) is 9.59 Å². The highest BCUT2D eigenvalue weighted by Gasteiger charge is 2.30. The van der Waals surface area contributed by atoms with Gasteiger partial charge >= 0.3 is 11.9 Å². The number of carbonyl (C=O) groups excluding carboxylic acids is 2. The molecule has 0 radical (unpaired) electrons. The average molecular weight is 336 g/mol. The molecule has 0 aliphatic carbocycles. The Morgan fingerprint density at radius 3 is 2.08 bits per heavy atom. The van der Waals surface area contributed by atoms with E-state index in [-0.39, 0.29) is 19.6 Å². The summed E-state index contributed by atoms with van der Waals surface area (Å²) in [5.41, 5.74) is 1.26. The van der Waals surface area contributed by atoms with Crippen LogP contribution in [0, 0.1) is 5.92 Å². The number of benzene rings is 1. The molecular weight excluding hydrogens is 312 g/mol. The van der Waals surface area contributed by atoms with Crippen LogP contribution in [-0.4, -0.2) is 39.4 Å². The largest absolute Gasteiger partial charge is 0.497 e. The van der Waals surface area contributed by atoms with Crippen molar-refractivity contribution in [3.8, 4) is 11.5 Å². The lowest BCUT2D eigenvalue weighted by Gasteiger charge is -2.17. The van der Waals surface area contributed by atoms with E-state index in [1.165, 1.54) is 7.11 Å². The molecule has 0 aliphatic rings. The fraction of sp³-hybridized carbons (Fsp3) is 0.444. The van der Waals surface area contributed by atoms with E-state index >= 15 is 0 Å². The lowest BCUT2D eigenvalue weighted by atomic mass is 9.94. The number of carbonyl (C=O) groups is 2. The summed E-state index contributed by atoms with van der Waals surface area (Å²) in [5.74, 6) is -1.11. The first-order valence-electron chi connectivity index (χ1n) is 7.71. The number of esters is 2. The normalized spacial score (nSPS) is 10.2. The Morgan fingerprint density at radius 2 is 1.62 bits per heavy atom. The summed E-state index contributed by atoms with van der Waals surface area (Å²) >= 11 is 0. The molecule has 0 bridgehead atoms. The van der Waals surface area contributed by atoms with Crippen molar-refractivity contribution >= 4 is 17.5 Å². The van der Waals surface area contributed by atoms with Gasteiger partial charge in [0.2, 0.25) is 0 Å². The highest BCUT2D eigenvalue weighted by Crippen LogP contribution is 2.33. The van der Waals surface area contributed by atoms with Crippen LogP contribution in [0.4, 0.5) is 0 Å². The number of hydrogen-bond acceptors (Lipinski definition) is 6. The lowest BCUT2D eigenvalue weighted by Crippen LogP contribution is -2.28. The standard InChI is InChI=1S/C18H24O6/c1-6-23-17(19)15(18(20)24-7-2)10-12(3)14-9-8-13(21-4)11-16(14)22-5/h8-9,11,15H,3,6-7,10H2,1-2,4-5H3. The smallest absolute Gasteiger partial charge is 0.320 e. The summed E-state index contributed by atoms with van der Waals surface area (Å²) in [6.07, 6.45) is 0.0837. The summed E-state index contributed by atoms with van der Waals surface area (Å²) in [6, 6.07) is 5.24. The molecule has 0 aliphatic heterocycles. The van der Waals surface area contributed by atoms with Crippen molar-refractivity contribution < 1.29 is 28.5 Å². The van der Waals surface area contributed by atoms with Crippen LogP contribution < -0.4 is 9.47 Å². The van der Waals surface area contributed by atoms with E-state index < -0.39 is 17.9 Å². The van der Waals surface area contributed by atoms with Crippen molar-refractivity contribution in [1.82, 2.24) is 0 Å². The van der Waals surface area contributed by atoms with Gasteiger partial charge in [0.05, 0.1) is 27.4 Å². The Morgan fingerprint density at radius 1 is 1.04 bits per heavy atom. The molecule has 0 N–H and O–H groups in total. The van der Waals surface area contributed by atoms with Gasteiger partial charge in [-0.2, -0.15) is 0 Å². The SMILES string of the molecule is C=C(CC(C(=O)OCC)C(=O)OCC)c1ccc(OC)cc1OC. The second-order valence-corrected chi connectivity index (χ2v) is 4.93. The van der Waals surface area contributed by atoms with E-state index in [0.717, 1.165) is 0 Å². The first-order chi connectivity index (χ1) is 11.5. The topological polar surface area (TPSA) is 71.1 Å². The minimum absolute atomic E-state index is 0.0837. The van der Waals surface area contributed by atoms with Crippen LogP contribution in [0.15, 0.2) is 24.8 Å². The highest BCUT2D eigenvalue weighted by atomic mass is 16.6. The van der Waals surface area contributed by atoms with Gasteiger partial charge in [-0.15, -0.1) is 0 Å². The van der Waals surface area contributed by atoms with Crippen molar-refractivity contribution in [1.29, 1.82) is 0 Å². The van der Waals surface area contributed by atoms with Crippen LogP contribution in [0.2, 0.25) is 0 Å². The van der Waals surface area contributed by atoms with Crippen molar-refractivity contribution in [3.05, 3.63) is 30.3 Å². The van der Waals surface area contributed by atoms with E-state index in [2.05, 4.69) is 6.58 Å². The van der Waals surface area contributed by atoms with E-state index in [0.29, 0.717) is 22.6 Å². The molecule has 0 heterocycles. The molecule has 0 amide bonds. The molecular formula is C18H24O6. The second kappa shape index (κ2) is 9.60. The molecule has 6 nitrogen and oxygen atoms in total. The Hall–Kier alpha value is -2.50. The summed E-state index contributed by atoms with van der Waals surface area (Å²) in [6.45, 7) is 7.72. The predicted molar refractivity (Wildman–Crippen MR) is 90.0 cm³/mol. The molecule has 1 aromatic rings. The zero-order valence-electron chi connectivity index (χ0n) is 14.6. The first kappa shape index (κ1) is 19.5. The number of ether oxygens (including phenoxy) is 4. The van der Waals surface area contributed by atoms with Crippen molar-refractivity contribution in [2.75, 3.05) is 27.4 Å². The Balaban J connectivity index is 3.03. The summed E-state index contributed by atoms with van der Waals surface area (Å²) < 4.78 is 20.4. The predicted octanol–water partition coefficient (Wildman–Crippen LogP) is 2.85. The number of hydrogen-bond donors (Lipinski definition) is 0. The first-order valence-corrected chi connectivity index (χ1v) is 7.71. The fourth-order valence-corrected chi connectivity index (χ4v) is 2.20. The Labute approximate surface area is 142 Å². The molecule has 1 aromatic carbocycles. The molecule has 132 valence electrons. The highest BCUT2D eigenvalue weighted by molar-refractivity contribution is 5.96. The van der Waals surface area contributed by atoms with Crippen LogP contribution in [0.5, 0.6) is 11.5 Å². The molecule has 0 aromatic heterocycles. The van der Waals surface area contributed by atoms with Crippen LogP contribution in [0.1, 0.15) is 25.8 Å². The third-order valence-electron chi connectivity index (χ3n) is 3.38. The van der Waals surface area contributed by atoms with Gasteiger partial charge in [-0.25, -0.2) is 0 Å². The maximum Gasteiger partial charge on any atom is 0.320 e. The third kappa shape index (κ3) is 5.01. The molecule has 6 heteroatoms.